The topological polar surface area (TPSA) is 67.3 Å². The van der Waals surface area contributed by atoms with Crippen molar-refractivity contribution in [3.63, 3.8) is 0 Å². The summed E-state index contributed by atoms with van der Waals surface area (Å²) in [5, 5.41) is 6.81. The van der Waals surface area contributed by atoms with E-state index in [-0.39, 0.29) is 6.04 Å². The Morgan fingerprint density at radius 1 is 0.868 bits per heavy atom. The molecule has 1 saturated heterocycles. The molecule has 0 saturated carbocycles. The van der Waals surface area contributed by atoms with Crippen LogP contribution in [0.15, 0.2) is 108 Å². The van der Waals surface area contributed by atoms with Crippen LogP contribution in [0.5, 0.6) is 11.5 Å². The minimum atomic E-state index is -0.486. The summed E-state index contributed by atoms with van der Waals surface area (Å²) in [6, 6.07) is 30.3. The molecule has 1 aliphatic heterocycles. The molecule has 0 unspecified atom stereocenters. The van der Waals surface area contributed by atoms with Gasteiger partial charge in [-0.3, -0.25) is 14.9 Å². The van der Waals surface area contributed by atoms with E-state index in [4.69, 9.17) is 14.6 Å². The molecule has 1 aromatic heterocycles. The van der Waals surface area contributed by atoms with Gasteiger partial charge in [-0.15, -0.1) is 0 Å². The lowest BCUT2D eigenvalue weighted by Gasteiger charge is -2.38. The van der Waals surface area contributed by atoms with Crippen molar-refractivity contribution in [3.8, 4) is 11.5 Å². The Hall–Kier alpha value is -4.49. The van der Waals surface area contributed by atoms with Gasteiger partial charge in [-0.1, -0.05) is 60.7 Å². The summed E-state index contributed by atoms with van der Waals surface area (Å²) in [4.78, 5) is 18.9. The van der Waals surface area contributed by atoms with E-state index in [1.807, 2.05) is 18.3 Å². The number of benzene rings is 3. The fourth-order valence-electron chi connectivity index (χ4n) is 4.61. The van der Waals surface area contributed by atoms with Crippen molar-refractivity contribution >= 4 is 12.2 Å². The number of carbonyl (C=O) groups excluding carboxylic acids is 1. The average molecular weight is 507 g/mol. The monoisotopic (exact) mass is 506 g/mol. The van der Waals surface area contributed by atoms with Gasteiger partial charge < -0.3 is 9.47 Å². The van der Waals surface area contributed by atoms with Crippen LogP contribution in [0.1, 0.15) is 33.1 Å². The first kappa shape index (κ1) is 25.2. The molecule has 0 N–H and O–H groups in total. The summed E-state index contributed by atoms with van der Waals surface area (Å²) in [7, 11) is 1.55. The largest absolute Gasteiger partial charge is 0.493 e. The highest BCUT2D eigenvalue weighted by Crippen LogP contribution is 2.30. The van der Waals surface area contributed by atoms with Crippen LogP contribution in [0, 0.1) is 0 Å². The number of nitrogens with zero attached hydrogens (tertiary/aromatic N) is 4. The molecule has 3 aromatic carbocycles. The molecule has 38 heavy (non-hydrogen) atoms. The number of ether oxygens (including phenoxy) is 2. The van der Waals surface area contributed by atoms with Gasteiger partial charge in [0.1, 0.15) is 0 Å². The summed E-state index contributed by atoms with van der Waals surface area (Å²) in [5.74, 6) is 0.324. The molecule has 0 bridgehead atoms. The lowest BCUT2D eigenvalue weighted by Crippen LogP contribution is -2.45. The number of aromatic nitrogens is 1. The van der Waals surface area contributed by atoms with Crippen molar-refractivity contribution < 1.29 is 14.3 Å². The third kappa shape index (κ3) is 6.07. The van der Waals surface area contributed by atoms with Crippen LogP contribution < -0.4 is 9.47 Å². The molecule has 192 valence electrons. The number of carbonyl (C=O) groups is 1. The molecule has 0 radical (unpaired) electrons. The molecule has 2 heterocycles. The number of hydrogen-bond donors (Lipinski definition) is 0. The van der Waals surface area contributed by atoms with Gasteiger partial charge in [0, 0.05) is 38.6 Å². The Kier molecular flexibility index (Phi) is 8.06. The Labute approximate surface area is 223 Å². The summed E-state index contributed by atoms with van der Waals surface area (Å²) in [6.07, 6.45) is 4.89. The highest BCUT2D eigenvalue weighted by atomic mass is 16.6. The predicted octanol–water partition coefficient (Wildman–Crippen LogP) is 5.05. The Morgan fingerprint density at radius 2 is 1.55 bits per heavy atom. The Bertz CT molecular complexity index is 1320. The number of esters is 1. The van der Waals surface area contributed by atoms with E-state index < -0.39 is 5.97 Å². The van der Waals surface area contributed by atoms with Crippen LogP contribution in [0.3, 0.4) is 0 Å². The molecule has 5 rings (SSSR count). The van der Waals surface area contributed by atoms with E-state index in [0.717, 1.165) is 31.7 Å². The van der Waals surface area contributed by atoms with Crippen molar-refractivity contribution in [3.05, 3.63) is 126 Å². The van der Waals surface area contributed by atoms with Crippen LogP contribution in [-0.2, 0) is 0 Å². The number of piperazine rings is 1. The van der Waals surface area contributed by atoms with E-state index in [1.54, 1.807) is 31.5 Å². The maximum Gasteiger partial charge on any atom is 0.345 e. The smallest absolute Gasteiger partial charge is 0.345 e. The zero-order chi connectivity index (χ0) is 26.2. The van der Waals surface area contributed by atoms with Crippen molar-refractivity contribution in [2.24, 2.45) is 5.10 Å². The van der Waals surface area contributed by atoms with E-state index in [1.165, 1.54) is 17.3 Å². The van der Waals surface area contributed by atoms with Gasteiger partial charge in [0.15, 0.2) is 11.5 Å². The van der Waals surface area contributed by atoms with Gasteiger partial charge in [-0.2, -0.15) is 5.10 Å². The van der Waals surface area contributed by atoms with Crippen molar-refractivity contribution in [2.75, 3.05) is 33.3 Å². The summed E-state index contributed by atoms with van der Waals surface area (Å²) >= 11 is 0. The number of pyridine rings is 1. The summed E-state index contributed by atoms with van der Waals surface area (Å²) in [5.41, 5.74) is 3.83. The molecular weight excluding hydrogens is 476 g/mol. The highest BCUT2D eigenvalue weighted by molar-refractivity contribution is 5.91. The second kappa shape index (κ2) is 12.2. The number of rotatable bonds is 8. The normalized spacial score (nSPS) is 14.1. The van der Waals surface area contributed by atoms with Gasteiger partial charge in [0.25, 0.3) is 0 Å². The van der Waals surface area contributed by atoms with Crippen LogP contribution in [0.2, 0.25) is 0 Å². The molecule has 7 nitrogen and oxygen atoms in total. The molecule has 7 heteroatoms. The minimum Gasteiger partial charge on any atom is -0.493 e. The lowest BCUT2D eigenvalue weighted by atomic mass is 9.96. The lowest BCUT2D eigenvalue weighted by molar-refractivity contribution is 0.0729. The molecular formula is C31H30N4O3. The third-order valence-corrected chi connectivity index (χ3v) is 6.54. The number of hydrogen-bond acceptors (Lipinski definition) is 7. The SMILES string of the molecule is COc1cc(/C=N\N2CCN(C(c3ccccc3)c3ccccc3)CC2)ccc1OC(=O)c1cccnc1. The maximum atomic E-state index is 12.4. The summed E-state index contributed by atoms with van der Waals surface area (Å²) in [6.45, 7) is 3.45. The quantitative estimate of drug-likeness (QED) is 0.189. The van der Waals surface area contributed by atoms with Gasteiger partial charge in [-0.25, -0.2) is 4.79 Å². The molecule has 1 fully saturated rings. The van der Waals surface area contributed by atoms with Crippen molar-refractivity contribution in [1.29, 1.82) is 0 Å². The molecule has 1 aliphatic rings. The number of hydrazone groups is 1. The van der Waals surface area contributed by atoms with Gasteiger partial charge >= 0.3 is 5.97 Å². The predicted molar refractivity (Wildman–Crippen MR) is 148 cm³/mol. The zero-order valence-corrected chi connectivity index (χ0v) is 21.3. The summed E-state index contributed by atoms with van der Waals surface area (Å²) < 4.78 is 11.0. The fourth-order valence-corrected chi connectivity index (χ4v) is 4.61. The van der Waals surface area contributed by atoms with Crippen LogP contribution >= 0.6 is 0 Å². The van der Waals surface area contributed by atoms with Crippen molar-refractivity contribution in [2.45, 2.75) is 6.04 Å². The highest BCUT2D eigenvalue weighted by Gasteiger charge is 2.25. The Morgan fingerprint density at radius 3 is 2.16 bits per heavy atom. The zero-order valence-electron chi connectivity index (χ0n) is 21.3. The maximum absolute atomic E-state index is 12.4. The number of methoxy groups -OCH3 is 1. The molecule has 4 aromatic rings. The van der Waals surface area contributed by atoms with E-state index in [9.17, 15) is 4.79 Å². The van der Waals surface area contributed by atoms with E-state index in [2.05, 4.69) is 75.6 Å². The van der Waals surface area contributed by atoms with E-state index >= 15 is 0 Å². The molecule has 0 amide bonds. The van der Waals surface area contributed by atoms with Crippen LogP contribution in [0.4, 0.5) is 0 Å². The average Bonchev–Trinajstić information content (AvgIpc) is 2.99. The molecule has 0 atom stereocenters. The van der Waals surface area contributed by atoms with Crippen LogP contribution in [0.25, 0.3) is 0 Å². The first-order valence-corrected chi connectivity index (χ1v) is 12.6. The first-order chi connectivity index (χ1) is 18.7. The van der Waals surface area contributed by atoms with Gasteiger partial charge in [0.2, 0.25) is 0 Å². The van der Waals surface area contributed by atoms with Crippen LogP contribution in [-0.4, -0.2) is 60.4 Å². The van der Waals surface area contributed by atoms with Gasteiger partial charge in [-0.05, 0) is 47.0 Å². The minimum absolute atomic E-state index is 0.217. The second-order valence-electron chi connectivity index (χ2n) is 9.00. The Balaban J connectivity index is 1.23. The first-order valence-electron chi connectivity index (χ1n) is 12.6. The third-order valence-electron chi connectivity index (χ3n) is 6.54. The van der Waals surface area contributed by atoms with Crippen molar-refractivity contribution in [1.82, 2.24) is 14.9 Å². The molecule has 0 spiro atoms. The fraction of sp³-hybridized carbons (Fsp3) is 0.194. The van der Waals surface area contributed by atoms with E-state index in [0.29, 0.717) is 17.1 Å². The second-order valence-corrected chi connectivity index (χ2v) is 9.00. The molecule has 0 aliphatic carbocycles. The standard InChI is InChI=1S/C31H30N4O3/c1-37-29-21-24(14-15-28(29)38-31(36)27-13-8-16-32-23-27)22-33-35-19-17-34(18-20-35)30(25-9-4-2-5-10-25)26-11-6-3-7-12-26/h2-16,21-23,30H,17-20H2,1H3/b33-22-. The van der Waals surface area contributed by atoms with Gasteiger partial charge in [0.05, 0.1) is 24.9 Å².